The monoisotopic (exact) mass is 253 g/mol. The third-order valence-electron chi connectivity index (χ3n) is 2.29. The summed E-state index contributed by atoms with van der Waals surface area (Å²) in [5.41, 5.74) is 6.60. The lowest BCUT2D eigenvalue weighted by Crippen LogP contribution is -2.26. The van der Waals surface area contributed by atoms with Gasteiger partial charge in [-0.25, -0.2) is 0 Å². The van der Waals surface area contributed by atoms with Crippen LogP contribution in [0.3, 0.4) is 0 Å². The predicted molar refractivity (Wildman–Crippen MR) is 67.7 cm³/mol. The van der Waals surface area contributed by atoms with Crippen molar-refractivity contribution >= 4 is 5.97 Å². The van der Waals surface area contributed by atoms with Crippen LogP contribution in [0.4, 0.5) is 0 Å². The minimum Gasteiger partial charge on any atom is -0.490 e. The van der Waals surface area contributed by atoms with E-state index in [1.807, 2.05) is 6.92 Å². The molecule has 5 nitrogen and oxygen atoms in total. The van der Waals surface area contributed by atoms with E-state index in [-0.39, 0.29) is 12.6 Å². The summed E-state index contributed by atoms with van der Waals surface area (Å²) < 4.78 is 10.5. The quantitative estimate of drug-likeness (QED) is 0.581. The third kappa shape index (κ3) is 4.35. The summed E-state index contributed by atoms with van der Waals surface area (Å²) in [6.45, 7) is 3.59. The van der Waals surface area contributed by atoms with E-state index in [4.69, 9.17) is 20.3 Å². The van der Waals surface area contributed by atoms with Gasteiger partial charge in [0.1, 0.15) is 0 Å². The van der Waals surface area contributed by atoms with E-state index >= 15 is 0 Å². The van der Waals surface area contributed by atoms with Crippen molar-refractivity contribution in [1.29, 1.82) is 0 Å². The number of benzene rings is 1. The highest BCUT2D eigenvalue weighted by molar-refractivity contribution is 5.70. The fourth-order valence-corrected chi connectivity index (χ4v) is 1.55. The van der Waals surface area contributed by atoms with Crippen LogP contribution in [0.25, 0.3) is 0 Å². The number of aliphatic hydroxyl groups is 1. The fraction of sp³-hybridized carbons (Fsp3) is 0.462. The van der Waals surface area contributed by atoms with E-state index in [1.54, 1.807) is 18.2 Å². The maximum atomic E-state index is 10.9. The van der Waals surface area contributed by atoms with E-state index in [9.17, 15) is 4.79 Å². The molecular weight excluding hydrogens is 234 g/mol. The molecule has 0 bridgehead atoms. The van der Waals surface area contributed by atoms with Crippen LogP contribution in [-0.2, 0) is 11.2 Å². The lowest BCUT2D eigenvalue weighted by Gasteiger charge is -2.13. The van der Waals surface area contributed by atoms with Gasteiger partial charge in [0.25, 0.3) is 0 Å². The lowest BCUT2D eigenvalue weighted by molar-refractivity contribution is -0.132. The Hall–Kier alpha value is -1.59. The predicted octanol–water partition coefficient (Wildman–Crippen LogP) is 0.873. The van der Waals surface area contributed by atoms with Crippen molar-refractivity contribution in [3.05, 3.63) is 23.8 Å². The summed E-state index contributed by atoms with van der Waals surface area (Å²) in [5, 5.41) is 8.92. The molecule has 0 radical (unpaired) electrons. The van der Waals surface area contributed by atoms with Gasteiger partial charge in [-0.05, 0) is 31.0 Å². The van der Waals surface area contributed by atoms with Gasteiger partial charge in [-0.1, -0.05) is 6.07 Å². The van der Waals surface area contributed by atoms with E-state index in [0.717, 1.165) is 5.56 Å². The standard InChI is InChI=1S/C13H19NO4/c1-3-17-13-7-10(6-11(14)8-15)4-5-12(13)18-9(2)16/h4-5,7,11,15H,3,6,8,14H2,1-2H3. The highest BCUT2D eigenvalue weighted by Crippen LogP contribution is 2.29. The number of aliphatic hydroxyl groups excluding tert-OH is 1. The first-order valence-electron chi connectivity index (χ1n) is 5.87. The second-order valence-electron chi connectivity index (χ2n) is 3.95. The molecule has 0 fully saturated rings. The molecule has 1 rings (SSSR count). The number of hydrogen-bond acceptors (Lipinski definition) is 5. The maximum Gasteiger partial charge on any atom is 0.308 e. The van der Waals surface area contributed by atoms with Crippen LogP contribution in [0.2, 0.25) is 0 Å². The minimum atomic E-state index is -0.393. The SMILES string of the molecule is CCOc1cc(CC(N)CO)ccc1OC(C)=O. The van der Waals surface area contributed by atoms with Crippen LogP contribution in [0.1, 0.15) is 19.4 Å². The summed E-state index contributed by atoms with van der Waals surface area (Å²) in [5.74, 6) is 0.511. The summed E-state index contributed by atoms with van der Waals surface area (Å²) in [6.07, 6.45) is 0.539. The minimum absolute atomic E-state index is 0.0737. The molecule has 18 heavy (non-hydrogen) atoms. The summed E-state index contributed by atoms with van der Waals surface area (Å²) in [7, 11) is 0. The van der Waals surface area contributed by atoms with Crippen molar-refractivity contribution < 1.29 is 19.4 Å². The van der Waals surface area contributed by atoms with Crippen molar-refractivity contribution in [3.8, 4) is 11.5 Å². The Labute approximate surface area is 107 Å². The Morgan fingerprint density at radius 1 is 1.44 bits per heavy atom. The average molecular weight is 253 g/mol. The molecule has 0 aliphatic carbocycles. The van der Waals surface area contributed by atoms with Crippen LogP contribution < -0.4 is 15.2 Å². The molecule has 1 aromatic carbocycles. The topological polar surface area (TPSA) is 81.8 Å². The van der Waals surface area contributed by atoms with Crippen molar-refractivity contribution in [2.24, 2.45) is 5.73 Å². The molecule has 3 N–H and O–H groups in total. The van der Waals surface area contributed by atoms with Gasteiger partial charge in [-0.15, -0.1) is 0 Å². The van der Waals surface area contributed by atoms with Crippen molar-refractivity contribution in [2.45, 2.75) is 26.3 Å². The second-order valence-corrected chi connectivity index (χ2v) is 3.95. The fourth-order valence-electron chi connectivity index (χ4n) is 1.55. The van der Waals surface area contributed by atoms with Crippen molar-refractivity contribution in [3.63, 3.8) is 0 Å². The van der Waals surface area contributed by atoms with Crippen LogP contribution in [0, 0.1) is 0 Å². The zero-order valence-corrected chi connectivity index (χ0v) is 10.7. The van der Waals surface area contributed by atoms with E-state index < -0.39 is 5.97 Å². The molecule has 100 valence electrons. The molecule has 0 saturated heterocycles. The van der Waals surface area contributed by atoms with Crippen LogP contribution in [0.5, 0.6) is 11.5 Å². The van der Waals surface area contributed by atoms with E-state index in [1.165, 1.54) is 6.92 Å². The van der Waals surface area contributed by atoms with E-state index in [2.05, 4.69) is 0 Å². The Morgan fingerprint density at radius 3 is 2.72 bits per heavy atom. The van der Waals surface area contributed by atoms with E-state index in [0.29, 0.717) is 24.5 Å². The lowest BCUT2D eigenvalue weighted by atomic mass is 10.1. The Morgan fingerprint density at radius 2 is 2.17 bits per heavy atom. The molecule has 1 atom stereocenters. The zero-order chi connectivity index (χ0) is 13.5. The molecule has 1 aromatic rings. The van der Waals surface area contributed by atoms with Crippen molar-refractivity contribution in [1.82, 2.24) is 0 Å². The molecule has 0 spiro atoms. The number of nitrogens with two attached hydrogens (primary N) is 1. The largest absolute Gasteiger partial charge is 0.490 e. The number of esters is 1. The third-order valence-corrected chi connectivity index (χ3v) is 2.29. The highest BCUT2D eigenvalue weighted by Gasteiger charge is 2.10. The van der Waals surface area contributed by atoms with Gasteiger partial charge >= 0.3 is 5.97 Å². The molecule has 0 aromatic heterocycles. The van der Waals surface area contributed by atoms with Gasteiger partial charge in [-0.3, -0.25) is 4.79 Å². The molecule has 0 aliphatic heterocycles. The van der Waals surface area contributed by atoms with Gasteiger partial charge in [0, 0.05) is 13.0 Å². The van der Waals surface area contributed by atoms with Gasteiger partial charge < -0.3 is 20.3 Å². The second kappa shape index (κ2) is 6.98. The van der Waals surface area contributed by atoms with Crippen LogP contribution in [0.15, 0.2) is 18.2 Å². The van der Waals surface area contributed by atoms with Crippen LogP contribution in [-0.4, -0.2) is 30.3 Å². The Bertz CT molecular complexity index is 406. The molecule has 0 saturated carbocycles. The zero-order valence-electron chi connectivity index (χ0n) is 10.7. The molecule has 5 heteroatoms. The molecule has 1 unspecified atom stereocenters. The smallest absolute Gasteiger partial charge is 0.308 e. The number of carbonyl (C=O) groups is 1. The number of ether oxygens (including phenoxy) is 2. The van der Waals surface area contributed by atoms with Crippen LogP contribution >= 0.6 is 0 Å². The number of hydrogen-bond donors (Lipinski definition) is 2. The summed E-state index contributed by atoms with van der Waals surface area (Å²) in [4.78, 5) is 10.9. The molecule has 0 amide bonds. The maximum absolute atomic E-state index is 10.9. The summed E-state index contributed by atoms with van der Waals surface area (Å²) >= 11 is 0. The molecule has 0 heterocycles. The number of carbonyl (C=O) groups excluding carboxylic acids is 1. The normalized spacial score (nSPS) is 12.0. The first-order valence-corrected chi connectivity index (χ1v) is 5.87. The Kier molecular flexibility index (Phi) is 5.61. The molecular formula is C13H19NO4. The Balaban J connectivity index is 2.91. The van der Waals surface area contributed by atoms with Crippen molar-refractivity contribution in [2.75, 3.05) is 13.2 Å². The average Bonchev–Trinajstić information content (AvgIpc) is 2.32. The number of rotatable bonds is 6. The first-order chi connectivity index (χ1) is 8.56. The van der Waals surface area contributed by atoms with Gasteiger partial charge in [0.05, 0.1) is 13.2 Å². The highest BCUT2D eigenvalue weighted by atomic mass is 16.6. The van der Waals surface area contributed by atoms with Gasteiger partial charge in [0.15, 0.2) is 11.5 Å². The first kappa shape index (κ1) is 14.5. The van der Waals surface area contributed by atoms with Gasteiger partial charge in [0.2, 0.25) is 0 Å². The summed E-state index contributed by atoms with van der Waals surface area (Å²) in [6, 6.07) is 4.94. The molecule has 0 aliphatic rings. The van der Waals surface area contributed by atoms with Gasteiger partial charge in [-0.2, -0.15) is 0 Å².